The predicted octanol–water partition coefficient (Wildman–Crippen LogP) is -1.02. The first-order chi connectivity index (χ1) is 5.84. The molecule has 0 bridgehead atoms. The minimum absolute atomic E-state index is 0.0859. The van der Waals surface area contributed by atoms with Crippen molar-refractivity contribution < 1.29 is 9.59 Å². The summed E-state index contributed by atoms with van der Waals surface area (Å²) in [5.41, 5.74) is 10.7. The number of hydrogen-bond acceptors (Lipinski definition) is 3. The van der Waals surface area contributed by atoms with Crippen LogP contribution in [0.1, 0.15) is 20.3 Å². The van der Waals surface area contributed by atoms with Crippen molar-refractivity contribution in [2.75, 3.05) is 0 Å². The monoisotopic (exact) mass is 183 g/mol. The van der Waals surface area contributed by atoms with E-state index < -0.39 is 11.4 Å². The maximum Gasteiger partial charge on any atom is 0.248 e. The minimum atomic E-state index is -0.946. The smallest absolute Gasteiger partial charge is 0.248 e. The molecule has 0 saturated carbocycles. The molecule has 0 aliphatic carbocycles. The van der Waals surface area contributed by atoms with Crippen molar-refractivity contribution in [1.29, 1.82) is 0 Å². The van der Waals surface area contributed by atoms with E-state index in [0.717, 1.165) is 0 Å². The van der Waals surface area contributed by atoms with Gasteiger partial charge in [0, 0.05) is 12.1 Å². The van der Waals surface area contributed by atoms with E-state index in [-0.39, 0.29) is 12.3 Å². The largest absolute Gasteiger partial charge is 0.366 e. The number of allylic oxidation sites excluding steroid dienone is 1. The maximum absolute atomic E-state index is 11.1. The van der Waals surface area contributed by atoms with Gasteiger partial charge in [-0.3, -0.25) is 9.59 Å². The molecule has 72 valence electrons. The number of nitrogens with two attached hydrogens (primary N) is 2. The molecule has 0 aromatic rings. The Labute approximate surface area is 76.2 Å². The van der Waals surface area contributed by atoms with Gasteiger partial charge in [-0.1, -0.05) is 0 Å². The summed E-state index contributed by atoms with van der Waals surface area (Å²) in [5.74, 6) is -0.769. The molecule has 0 aromatic carbocycles. The summed E-state index contributed by atoms with van der Waals surface area (Å²) < 4.78 is 0. The molecule has 0 fully saturated rings. The highest BCUT2D eigenvalue weighted by molar-refractivity contribution is 5.98. The second-order valence-electron chi connectivity index (χ2n) is 3.51. The molecule has 1 aliphatic heterocycles. The fourth-order valence-electron chi connectivity index (χ4n) is 1.63. The third kappa shape index (κ3) is 1.70. The summed E-state index contributed by atoms with van der Waals surface area (Å²) in [7, 11) is 0. The third-order valence-electron chi connectivity index (χ3n) is 2.05. The quantitative estimate of drug-likeness (QED) is 0.485. The number of carbonyl (C=O) groups is 2. The summed E-state index contributed by atoms with van der Waals surface area (Å²) in [6.07, 6.45) is 0.0859. The molecule has 0 radical (unpaired) electrons. The maximum atomic E-state index is 11.1. The van der Waals surface area contributed by atoms with E-state index in [4.69, 9.17) is 11.5 Å². The SMILES string of the molecule is CC1=C(C(N)=O)C(C)(N)CC(=O)N1. The molecule has 1 aliphatic rings. The zero-order chi connectivity index (χ0) is 10.2. The van der Waals surface area contributed by atoms with Gasteiger partial charge in [-0.15, -0.1) is 0 Å². The number of hydrogen-bond donors (Lipinski definition) is 3. The highest BCUT2D eigenvalue weighted by Gasteiger charge is 2.36. The molecule has 5 N–H and O–H groups in total. The summed E-state index contributed by atoms with van der Waals surface area (Å²) >= 11 is 0. The zero-order valence-corrected chi connectivity index (χ0v) is 7.68. The average molecular weight is 183 g/mol. The van der Waals surface area contributed by atoms with Crippen LogP contribution in [0.25, 0.3) is 0 Å². The molecular formula is C8H13N3O2. The van der Waals surface area contributed by atoms with Crippen molar-refractivity contribution in [2.45, 2.75) is 25.8 Å². The lowest BCUT2D eigenvalue weighted by Crippen LogP contribution is -2.52. The van der Waals surface area contributed by atoms with Gasteiger partial charge in [0.05, 0.1) is 11.1 Å². The highest BCUT2D eigenvalue weighted by atomic mass is 16.2. The van der Waals surface area contributed by atoms with E-state index in [9.17, 15) is 9.59 Å². The van der Waals surface area contributed by atoms with Crippen LogP contribution in [-0.4, -0.2) is 17.4 Å². The van der Waals surface area contributed by atoms with Crippen LogP contribution in [0.5, 0.6) is 0 Å². The van der Waals surface area contributed by atoms with E-state index in [0.29, 0.717) is 11.3 Å². The summed E-state index contributed by atoms with van der Waals surface area (Å²) in [6.45, 7) is 3.23. The Morgan fingerprint density at radius 3 is 2.54 bits per heavy atom. The van der Waals surface area contributed by atoms with Crippen LogP contribution < -0.4 is 16.8 Å². The number of nitrogens with one attached hydrogen (secondary N) is 1. The van der Waals surface area contributed by atoms with Gasteiger partial charge >= 0.3 is 0 Å². The van der Waals surface area contributed by atoms with Gasteiger partial charge in [-0.05, 0) is 13.8 Å². The summed E-state index contributed by atoms with van der Waals surface area (Å²) in [6, 6.07) is 0. The molecule has 5 nitrogen and oxygen atoms in total. The average Bonchev–Trinajstić information content (AvgIpc) is 1.78. The lowest BCUT2D eigenvalue weighted by Gasteiger charge is -2.31. The van der Waals surface area contributed by atoms with Gasteiger partial charge < -0.3 is 16.8 Å². The van der Waals surface area contributed by atoms with E-state index in [1.54, 1.807) is 13.8 Å². The summed E-state index contributed by atoms with van der Waals surface area (Å²) in [4.78, 5) is 22.1. The first kappa shape index (κ1) is 9.73. The third-order valence-corrected chi connectivity index (χ3v) is 2.05. The van der Waals surface area contributed by atoms with Crippen molar-refractivity contribution in [1.82, 2.24) is 5.32 Å². The Hall–Kier alpha value is -1.36. The second-order valence-corrected chi connectivity index (χ2v) is 3.51. The number of amides is 2. The fourth-order valence-corrected chi connectivity index (χ4v) is 1.63. The minimum Gasteiger partial charge on any atom is -0.366 e. The predicted molar refractivity (Wildman–Crippen MR) is 47.2 cm³/mol. The Balaban J connectivity index is 3.19. The molecule has 13 heavy (non-hydrogen) atoms. The van der Waals surface area contributed by atoms with Crippen LogP contribution in [-0.2, 0) is 9.59 Å². The Morgan fingerprint density at radius 2 is 2.15 bits per heavy atom. The van der Waals surface area contributed by atoms with Gasteiger partial charge in [-0.2, -0.15) is 0 Å². The van der Waals surface area contributed by atoms with Gasteiger partial charge in [-0.25, -0.2) is 0 Å². The van der Waals surface area contributed by atoms with E-state index in [1.807, 2.05) is 0 Å². The first-order valence-corrected chi connectivity index (χ1v) is 3.94. The molecule has 1 unspecified atom stereocenters. The van der Waals surface area contributed by atoms with Crippen LogP contribution >= 0.6 is 0 Å². The van der Waals surface area contributed by atoms with Crippen LogP contribution in [0.4, 0.5) is 0 Å². The van der Waals surface area contributed by atoms with Gasteiger partial charge in [0.25, 0.3) is 0 Å². The van der Waals surface area contributed by atoms with Crippen molar-refractivity contribution in [2.24, 2.45) is 11.5 Å². The Kier molecular flexibility index (Phi) is 2.13. The standard InChI is InChI=1S/C8H13N3O2/c1-4-6(7(9)13)8(2,10)3-5(12)11-4/h3,10H2,1-2H3,(H2,9,13)(H,11,12). The lowest BCUT2D eigenvalue weighted by molar-refractivity contribution is -0.122. The fraction of sp³-hybridized carbons (Fsp3) is 0.500. The number of rotatable bonds is 1. The molecular weight excluding hydrogens is 170 g/mol. The molecule has 2 amide bonds. The van der Waals surface area contributed by atoms with Crippen molar-refractivity contribution >= 4 is 11.8 Å². The van der Waals surface area contributed by atoms with Gasteiger partial charge in [0.1, 0.15) is 0 Å². The van der Waals surface area contributed by atoms with E-state index in [1.165, 1.54) is 0 Å². The van der Waals surface area contributed by atoms with Crippen LogP contribution in [0.3, 0.4) is 0 Å². The van der Waals surface area contributed by atoms with Gasteiger partial charge in [0.2, 0.25) is 11.8 Å². The second kappa shape index (κ2) is 2.85. The molecule has 0 spiro atoms. The number of carbonyl (C=O) groups excluding carboxylic acids is 2. The van der Waals surface area contributed by atoms with Crippen molar-refractivity contribution in [3.8, 4) is 0 Å². The molecule has 0 aromatic heterocycles. The molecule has 1 atom stereocenters. The van der Waals surface area contributed by atoms with Crippen LogP contribution in [0, 0.1) is 0 Å². The first-order valence-electron chi connectivity index (χ1n) is 3.94. The normalized spacial score (nSPS) is 28.7. The van der Waals surface area contributed by atoms with Gasteiger partial charge in [0.15, 0.2) is 0 Å². The van der Waals surface area contributed by atoms with Crippen LogP contribution in [0.2, 0.25) is 0 Å². The zero-order valence-electron chi connectivity index (χ0n) is 7.68. The molecule has 1 rings (SSSR count). The van der Waals surface area contributed by atoms with Crippen LogP contribution in [0.15, 0.2) is 11.3 Å². The highest BCUT2D eigenvalue weighted by Crippen LogP contribution is 2.23. The lowest BCUT2D eigenvalue weighted by atomic mass is 9.84. The topological polar surface area (TPSA) is 98.2 Å². The number of primary amides is 1. The summed E-state index contributed by atoms with van der Waals surface area (Å²) in [5, 5.41) is 2.53. The molecule has 1 heterocycles. The van der Waals surface area contributed by atoms with E-state index >= 15 is 0 Å². The molecule has 0 saturated heterocycles. The van der Waals surface area contributed by atoms with Crippen molar-refractivity contribution in [3.05, 3.63) is 11.3 Å². The Bertz CT molecular complexity index is 305. The van der Waals surface area contributed by atoms with Crippen molar-refractivity contribution in [3.63, 3.8) is 0 Å². The Morgan fingerprint density at radius 1 is 1.62 bits per heavy atom. The van der Waals surface area contributed by atoms with E-state index in [2.05, 4.69) is 5.32 Å². The molecule has 5 heteroatoms.